The summed E-state index contributed by atoms with van der Waals surface area (Å²) >= 11 is 0. The number of aliphatic hydroxyl groups is 1. The van der Waals surface area contributed by atoms with Crippen LogP contribution in [-0.2, 0) is 0 Å². The summed E-state index contributed by atoms with van der Waals surface area (Å²) in [7, 11) is -1.80. The fourth-order valence-electron chi connectivity index (χ4n) is 0.968. The Bertz CT molecular complexity index is 294. The second-order valence-electron chi connectivity index (χ2n) is 2.60. The zero-order chi connectivity index (χ0) is 10.4. The predicted molar refractivity (Wildman–Crippen MR) is 53.4 cm³/mol. The van der Waals surface area contributed by atoms with Gasteiger partial charge in [-0.2, -0.15) is 0 Å². The zero-order valence-electron chi connectivity index (χ0n) is 7.50. The second-order valence-corrected chi connectivity index (χ2v) is 2.60. The number of aliphatic hydroxyl groups excluding tert-OH is 1. The van der Waals surface area contributed by atoms with Gasteiger partial charge in [-0.25, -0.2) is 0 Å². The molecule has 14 heavy (non-hydrogen) atoms. The molecule has 1 rings (SSSR count). The van der Waals surface area contributed by atoms with Crippen molar-refractivity contribution in [3.63, 3.8) is 0 Å². The van der Waals surface area contributed by atoms with Crippen molar-refractivity contribution in [1.82, 2.24) is 0 Å². The molecule has 0 spiro atoms. The molecular weight excluding hydrogens is 183 g/mol. The van der Waals surface area contributed by atoms with Gasteiger partial charge in [-0.1, -0.05) is 24.3 Å². The molecule has 5 heteroatoms. The minimum atomic E-state index is -1.80. The van der Waals surface area contributed by atoms with E-state index in [0.29, 0.717) is 5.75 Å². The van der Waals surface area contributed by atoms with Gasteiger partial charge in [0.1, 0.15) is 5.75 Å². The average molecular weight is 194 g/mol. The van der Waals surface area contributed by atoms with Crippen molar-refractivity contribution >= 4 is 13.4 Å². The summed E-state index contributed by atoms with van der Waals surface area (Å²) in [4.78, 5) is 0. The minimum Gasteiger partial charge on any atom is -0.512 e. The standard InChI is InChI=1S/C9H11BO4/c11-7-1-2-8-3-5-9(6-4-8)14-10(12)13/h1-6,11-13H,7H2/b2-1+. The van der Waals surface area contributed by atoms with Gasteiger partial charge in [0, 0.05) is 0 Å². The summed E-state index contributed by atoms with van der Waals surface area (Å²) in [6.07, 6.45) is 3.36. The fraction of sp³-hybridized carbons (Fsp3) is 0.111. The molecule has 0 saturated heterocycles. The Hall–Kier alpha value is -1.30. The zero-order valence-corrected chi connectivity index (χ0v) is 7.50. The molecule has 0 amide bonds. The van der Waals surface area contributed by atoms with E-state index in [9.17, 15) is 0 Å². The van der Waals surface area contributed by atoms with Crippen LogP contribution in [0.5, 0.6) is 5.75 Å². The summed E-state index contributed by atoms with van der Waals surface area (Å²) in [5, 5.41) is 25.5. The van der Waals surface area contributed by atoms with Gasteiger partial charge in [0.05, 0.1) is 6.61 Å². The SMILES string of the molecule is OC/C=C/c1ccc(OB(O)O)cc1. The molecule has 0 aromatic heterocycles. The van der Waals surface area contributed by atoms with E-state index in [1.165, 1.54) is 0 Å². The number of rotatable bonds is 4. The van der Waals surface area contributed by atoms with Crippen LogP contribution in [0.1, 0.15) is 5.56 Å². The first-order valence-corrected chi connectivity index (χ1v) is 4.12. The lowest BCUT2D eigenvalue weighted by Gasteiger charge is -2.03. The molecular formula is C9H11BO4. The highest BCUT2D eigenvalue weighted by Crippen LogP contribution is 2.13. The fourth-order valence-corrected chi connectivity index (χ4v) is 0.968. The lowest BCUT2D eigenvalue weighted by atomic mass is 10.2. The van der Waals surface area contributed by atoms with Crippen LogP contribution in [0.3, 0.4) is 0 Å². The van der Waals surface area contributed by atoms with Gasteiger partial charge in [0.15, 0.2) is 0 Å². The Morgan fingerprint density at radius 3 is 2.36 bits per heavy atom. The Morgan fingerprint density at radius 2 is 1.86 bits per heavy atom. The molecule has 0 unspecified atom stereocenters. The molecule has 0 atom stereocenters. The van der Waals surface area contributed by atoms with Crippen molar-refractivity contribution < 1.29 is 19.8 Å². The third kappa shape index (κ3) is 3.61. The van der Waals surface area contributed by atoms with Crippen molar-refractivity contribution in [3.8, 4) is 5.75 Å². The molecule has 0 radical (unpaired) electrons. The number of hydrogen-bond donors (Lipinski definition) is 3. The summed E-state index contributed by atoms with van der Waals surface area (Å²) in [5.41, 5.74) is 0.902. The maximum atomic E-state index is 8.52. The molecule has 0 bridgehead atoms. The van der Waals surface area contributed by atoms with Crippen LogP contribution < -0.4 is 4.65 Å². The summed E-state index contributed by atoms with van der Waals surface area (Å²) in [6.45, 7) is -0.00634. The van der Waals surface area contributed by atoms with Crippen molar-refractivity contribution in [1.29, 1.82) is 0 Å². The molecule has 0 aliphatic carbocycles. The van der Waals surface area contributed by atoms with Gasteiger partial charge in [-0.15, -0.1) is 0 Å². The molecule has 0 saturated carbocycles. The van der Waals surface area contributed by atoms with Crippen LogP contribution in [0.15, 0.2) is 30.3 Å². The molecule has 1 aromatic rings. The number of benzene rings is 1. The number of hydrogen-bond acceptors (Lipinski definition) is 4. The normalized spacial score (nSPS) is 10.5. The van der Waals surface area contributed by atoms with E-state index in [1.54, 1.807) is 36.4 Å². The third-order valence-corrected chi connectivity index (χ3v) is 1.54. The van der Waals surface area contributed by atoms with Gasteiger partial charge in [-0.3, -0.25) is 0 Å². The molecule has 3 N–H and O–H groups in total. The lowest BCUT2D eigenvalue weighted by Crippen LogP contribution is -2.20. The van der Waals surface area contributed by atoms with Crippen molar-refractivity contribution in [2.75, 3.05) is 6.61 Å². The van der Waals surface area contributed by atoms with Gasteiger partial charge >= 0.3 is 7.32 Å². The first-order chi connectivity index (χ1) is 6.72. The van der Waals surface area contributed by atoms with Crippen LogP contribution >= 0.6 is 0 Å². The lowest BCUT2D eigenvalue weighted by molar-refractivity contribution is 0.288. The molecule has 0 aliphatic heterocycles. The maximum absolute atomic E-state index is 8.52. The van der Waals surface area contributed by atoms with Crippen molar-refractivity contribution in [2.24, 2.45) is 0 Å². The van der Waals surface area contributed by atoms with E-state index >= 15 is 0 Å². The molecule has 0 heterocycles. The molecule has 1 aromatic carbocycles. The van der Waals surface area contributed by atoms with Crippen LogP contribution in [0.2, 0.25) is 0 Å². The Morgan fingerprint density at radius 1 is 1.21 bits per heavy atom. The maximum Gasteiger partial charge on any atom is 0.707 e. The smallest absolute Gasteiger partial charge is 0.512 e. The van der Waals surface area contributed by atoms with E-state index in [4.69, 9.17) is 15.2 Å². The van der Waals surface area contributed by atoms with Gasteiger partial charge in [0.2, 0.25) is 0 Å². The Labute approximate surface area is 82.3 Å². The highest BCUT2D eigenvalue weighted by Gasteiger charge is 2.10. The van der Waals surface area contributed by atoms with Crippen LogP contribution in [0, 0.1) is 0 Å². The molecule has 0 fully saturated rings. The van der Waals surface area contributed by atoms with E-state index < -0.39 is 7.32 Å². The molecule has 4 nitrogen and oxygen atoms in total. The topological polar surface area (TPSA) is 69.9 Å². The first-order valence-electron chi connectivity index (χ1n) is 4.12. The molecule has 74 valence electrons. The highest BCUT2D eigenvalue weighted by molar-refractivity contribution is 6.33. The Balaban J connectivity index is 2.64. The summed E-state index contributed by atoms with van der Waals surface area (Å²) < 4.78 is 4.61. The summed E-state index contributed by atoms with van der Waals surface area (Å²) in [5.74, 6) is 0.376. The third-order valence-electron chi connectivity index (χ3n) is 1.54. The largest absolute Gasteiger partial charge is 0.707 e. The van der Waals surface area contributed by atoms with Gasteiger partial charge < -0.3 is 19.8 Å². The van der Waals surface area contributed by atoms with Gasteiger partial charge in [-0.05, 0) is 17.7 Å². The van der Waals surface area contributed by atoms with E-state index in [0.717, 1.165) is 5.56 Å². The van der Waals surface area contributed by atoms with Crippen molar-refractivity contribution in [2.45, 2.75) is 0 Å². The highest BCUT2D eigenvalue weighted by atomic mass is 16.6. The van der Waals surface area contributed by atoms with E-state index in [1.807, 2.05) is 0 Å². The molecule has 0 aliphatic rings. The Kier molecular flexibility index (Phi) is 4.19. The average Bonchev–Trinajstić information content (AvgIpc) is 2.16. The monoisotopic (exact) mass is 194 g/mol. The van der Waals surface area contributed by atoms with Crippen LogP contribution in [-0.4, -0.2) is 29.1 Å². The van der Waals surface area contributed by atoms with Crippen LogP contribution in [0.25, 0.3) is 6.08 Å². The second kappa shape index (κ2) is 5.44. The quantitative estimate of drug-likeness (QED) is 0.592. The van der Waals surface area contributed by atoms with E-state index in [2.05, 4.69) is 4.65 Å². The van der Waals surface area contributed by atoms with E-state index in [-0.39, 0.29) is 6.61 Å². The van der Waals surface area contributed by atoms with Crippen molar-refractivity contribution in [3.05, 3.63) is 35.9 Å². The predicted octanol–water partition coefficient (Wildman–Crippen LogP) is 0.0404. The summed E-state index contributed by atoms with van der Waals surface area (Å²) in [6, 6.07) is 6.70. The first kappa shape index (κ1) is 10.8. The van der Waals surface area contributed by atoms with Crippen LogP contribution in [0.4, 0.5) is 0 Å². The minimum absolute atomic E-state index is 0.00634. The van der Waals surface area contributed by atoms with Gasteiger partial charge in [0.25, 0.3) is 0 Å².